The Kier molecular flexibility index (Phi) is 7.52. The summed E-state index contributed by atoms with van der Waals surface area (Å²) in [5.41, 5.74) is 3.47. The molecule has 5 rings (SSSR count). The lowest BCUT2D eigenvalue weighted by Crippen LogP contribution is -2.51. The van der Waals surface area contributed by atoms with Gasteiger partial charge in [-0.15, -0.1) is 0 Å². The van der Waals surface area contributed by atoms with Crippen LogP contribution in [0.1, 0.15) is 70.8 Å². The predicted octanol–water partition coefficient (Wildman–Crippen LogP) is 7.40. The average Bonchev–Trinajstić information content (AvgIpc) is 3.20. The summed E-state index contributed by atoms with van der Waals surface area (Å²) in [5.74, 6) is 1.03. The second-order valence-corrected chi connectivity index (χ2v) is 12.8. The quantitative estimate of drug-likeness (QED) is 0.221. The number of nitrogens with zero attached hydrogens (tertiary/aromatic N) is 1. The molecule has 5 nitrogen and oxygen atoms in total. The molecule has 3 saturated carbocycles. The van der Waals surface area contributed by atoms with Gasteiger partial charge < -0.3 is 15.1 Å². The Labute approximate surface area is 229 Å². The zero-order valence-electron chi connectivity index (χ0n) is 21.6. The van der Waals surface area contributed by atoms with E-state index in [0.29, 0.717) is 27.8 Å². The van der Waals surface area contributed by atoms with Gasteiger partial charge in [0.2, 0.25) is 6.61 Å². The van der Waals surface area contributed by atoms with E-state index in [0.717, 1.165) is 56.2 Å². The van der Waals surface area contributed by atoms with Gasteiger partial charge in [0.05, 0.1) is 21.9 Å². The standard InChI is InChI=1S/C30H37Cl2NO4/c1-29-13-11-20(34)16-19(29)5-6-21-22-7-8-24(30(22,2)14-12-23(21)29)27(33-37-17-28(35)36)10-4-18-3-9-25(31)26(32)15-18/h3-5,9-10,15,20-24,34H,6-8,11-14,16-17H2,1-2H3,(H,35,36)/b10-4+,33-27+/t20-,21-,22-,23-,24+,29-,30-/m0/s1. The van der Waals surface area contributed by atoms with Gasteiger partial charge in [-0.1, -0.05) is 66.0 Å². The van der Waals surface area contributed by atoms with Crippen molar-refractivity contribution in [2.24, 2.45) is 39.7 Å². The number of oxime groups is 1. The van der Waals surface area contributed by atoms with Gasteiger partial charge in [0.25, 0.3) is 0 Å². The fourth-order valence-electron chi connectivity index (χ4n) is 8.30. The molecule has 7 atom stereocenters. The molecule has 4 aliphatic rings. The molecular formula is C30H37Cl2NO4. The van der Waals surface area contributed by atoms with Crippen LogP contribution in [0.5, 0.6) is 0 Å². The number of fused-ring (bicyclic) bond motifs is 5. The number of aliphatic hydroxyl groups excluding tert-OH is 1. The van der Waals surface area contributed by atoms with E-state index in [4.69, 9.17) is 33.1 Å². The van der Waals surface area contributed by atoms with Gasteiger partial charge in [-0.2, -0.15) is 0 Å². The van der Waals surface area contributed by atoms with E-state index in [9.17, 15) is 9.90 Å². The molecule has 1 aromatic rings. The maximum Gasteiger partial charge on any atom is 0.344 e. The van der Waals surface area contributed by atoms with Gasteiger partial charge in [0.15, 0.2) is 0 Å². The Morgan fingerprint density at radius 2 is 1.95 bits per heavy atom. The summed E-state index contributed by atoms with van der Waals surface area (Å²) in [5, 5.41) is 24.8. The van der Waals surface area contributed by atoms with E-state index in [-0.39, 0.29) is 22.9 Å². The zero-order chi connectivity index (χ0) is 26.4. The summed E-state index contributed by atoms with van der Waals surface area (Å²) in [4.78, 5) is 16.4. The minimum atomic E-state index is -1.04. The topological polar surface area (TPSA) is 79.1 Å². The number of hydrogen-bond donors (Lipinski definition) is 2. The maximum absolute atomic E-state index is 11.1. The van der Waals surface area contributed by atoms with Crippen molar-refractivity contribution < 1.29 is 19.8 Å². The highest BCUT2D eigenvalue weighted by Gasteiger charge is 2.59. The lowest BCUT2D eigenvalue weighted by atomic mass is 9.47. The molecule has 7 heteroatoms. The molecule has 0 unspecified atom stereocenters. The van der Waals surface area contributed by atoms with Crippen LogP contribution in [0, 0.1) is 34.5 Å². The minimum Gasteiger partial charge on any atom is -0.479 e. The van der Waals surface area contributed by atoms with E-state index in [1.807, 2.05) is 24.3 Å². The van der Waals surface area contributed by atoms with Crippen molar-refractivity contribution >= 4 is 41.0 Å². The smallest absolute Gasteiger partial charge is 0.344 e. The summed E-state index contributed by atoms with van der Waals surface area (Å²) < 4.78 is 0. The molecule has 0 radical (unpaired) electrons. The monoisotopic (exact) mass is 545 g/mol. The van der Waals surface area contributed by atoms with Crippen molar-refractivity contribution in [3.05, 3.63) is 51.5 Å². The number of carboxylic acids is 1. The van der Waals surface area contributed by atoms with Crippen LogP contribution in [0.2, 0.25) is 10.0 Å². The van der Waals surface area contributed by atoms with Gasteiger partial charge in [0.1, 0.15) is 0 Å². The van der Waals surface area contributed by atoms with E-state index >= 15 is 0 Å². The number of carboxylic acid groups (broad SMARTS) is 1. The molecular weight excluding hydrogens is 509 g/mol. The van der Waals surface area contributed by atoms with Crippen molar-refractivity contribution in [1.29, 1.82) is 0 Å². The van der Waals surface area contributed by atoms with Gasteiger partial charge in [-0.05, 0) is 104 Å². The van der Waals surface area contributed by atoms with Crippen LogP contribution in [0.4, 0.5) is 0 Å². The van der Waals surface area contributed by atoms with Crippen LogP contribution < -0.4 is 0 Å². The second-order valence-electron chi connectivity index (χ2n) is 12.0. The molecule has 1 aromatic carbocycles. The number of hydrogen-bond acceptors (Lipinski definition) is 4. The molecule has 0 spiro atoms. The summed E-state index contributed by atoms with van der Waals surface area (Å²) >= 11 is 12.3. The molecule has 3 fully saturated rings. The number of halogens is 2. The molecule has 200 valence electrons. The lowest BCUT2D eigenvalue weighted by Gasteiger charge is -2.58. The van der Waals surface area contributed by atoms with Crippen LogP contribution in [0.25, 0.3) is 6.08 Å². The summed E-state index contributed by atoms with van der Waals surface area (Å²) in [6.45, 7) is 4.40. The first kappa shape index (κ1) is 26.8. The molecule has 0 amide bonds. The Hall–Kier alpha value is -1.82. The molecule has 0 saturated heterocycles. The molecule has 2 N–H and O–H groups in total. The third-order valence-corrected chi connectivity index (χ3v) is 10.9. The van der Waals surface area contributed by atoms with Crippen molar-refractivity contribution in [1.82, 2.24) is 0 Å². The van der Waals surface area contributed by atoms with Crippen LogP contribution in [-0.2, 0) is 9.63 Å². The predicted molar refractivity (Wildman–Crippen MR) is 148 cm³/mol. The summed E-state index contributed by atoms with van der Waals surface area (Å²) in [6, 6.07) is 5.48. The van der Waals surface area contributed by atoms with Gasteiger partial charge >= 0.3 is 5.97 Å². The van der Waals surface area contributed by atoms with E-state index < -0.39 is 12.6 Å². The van der Waals surface area contributed by atoms with Gasteiger partial charge in [0, 0.05) is 5.92 Å². The molecule has 37 heavy (non-hydrogen) atoms. The minimum absolute atomic E-state index is 0.0739. The zero-order valence-corrected chi connectivity index (χ0v) is 23.1. The highest BCUT2D eigenvalue weighted by molar-refractivity contribution is 6.42. The van der Waals surface area contributed by atoms with Crippen LogP contribution >= 0.6 is 23.2 Å². The Balaban J connectivity index is 1.42. The summed E-state index contributed by atoms with van der Waals surface area (Å²) in [6.07, 6.45) is 14.6. The summed E-state index contributed by atoms with van der Waals surface area (Å²) in [7, 11) is 0. The SMILES string of the molecule is C[C@]12CC[C@H]3[C@@H](CC=C4C[C@@H](O)CC[C@@]43C)[C@@H]1CC[C@@H]2C(/C=C/c1ccc(Cl)c(Cl)c1)=N/OCC(=O)O. The number of benzene rings is 1. The van der Waals surface area contributed by atoms with Crippen molar-refractivity contribution in [2.45, 2.75) is 71.3 Å². The van der Waals surface area contributed by atoms with Crippen LogP contribution in [0.15, 0.2) is 41.1 Å². The highest BCUT2D eigenvalue weighted by atomic mass is 35.5. The van der Waals surface area contributed by atoms with Crippen molar-refractivity contribution in [3.8, 4) is 0 Å². The molecule has 0 aromatic heterocycles. The number of carbonyl (C=O) groups is 1. The maximum atomic E-state index is 11.1. The van der Waals surface area contributed by atoms with E-state index in [1.165, 1.54) is 12.0 Å². The Bertz CT molecular complexity index is 1150. The van der Waals surface area contributed by atoms with E-state index in [2.05, 4.69) is 25.1 Å². The number of aliphatic carboxylic acids is 1. The molecule has 0 bridgehead atoms. The van der Waals surface area contributed by atoms with Gasteiger partial charge in [-0.3, -0.25) is 0 Å². The fourth-order valence-corrected chi connectivity index (χ4v) is 8.60. The highest BCUT2D eigenvalue weighted by Crippen LogP contribution is 2.66. The molecule has 0 aliphatic heterocycles. The van der Waals surface area contributed by atoms with Crippen molar-refractivity contribution in [2.75, 3.05) is 6.61 Å². The van der Waals surface area contributed by atoms with Crippen LogP contribution in [-0.4, -0.2) is 34.6 Å². The Morgan fingerprint density at radius 1 is 1.14 bits per heavy atom. The molecule has 0 heterocycles. The normalized spacial score (nSPS) is 37.5. The van der Waals surface area contributed by atoms with Crippen LogP contribution in [0.3, 0.4) is 0 Å². The number of aliphatic hydroxyl groups is 1. The fraction of sp³-hybridized carbons (Fsp3) is 0.600. The first-order chi connectivity index (χ1) is 17.6. The first-order valence-electron chi connectivity index (χ1n) is 13.5. The third-order valence-electron chi connectivity index (χ3n) is 10.2. The van der Waals surface area contributed by atoms with Gasteiger partial charge in [-0.25, -0.2) is 4.79 Å². The average molecular weight is 547 g/mol. The first-order valence-corrected chi connectivity index (χ1v) is 14.3. The third kappa shape index (κ3) is 4.99. The largest absolute Gasteiger partial charge is 0.479 e. The molecule has 4 aliphatic carbocycles. The number of allylic oxidation sites excluding steroid dienone is 2. The number of rotatable bonds is 6. The second kappa shape index (κ2) is 10.4. The van der Waals surface area contributed by atoms with Crippen molar-refractivity contribution in [3.63, 3.8) is 0 Å². The van der Waals surface area contributed by atoms with E-state index in [1.54, 1.807) is 6.07 Å². The lowest BCUT2D eigenvalue weighted by molar-refractivity contribution is -0.142. The Morgan fingerprint density at radius 3 is 2.70 bits per heavy atom.